The maximum Gasteiger partial charge on any atom is 0.258 e. The molecule has 0 aliphatic heterocycles. The minimum atomic E-state index is -0.0534. The molecule has 120 valence electrons. The van der Waals surface area contributed by atoms with Crippen molar-refractivity contribution in [3.63, 3.8) is 0 Å². The van der Waals surface area contributed by atoms with Crippen LogP contribution in [0.3, 0.4) is 0 Å². The lowest BCUT2D eigenvalue weighted by atomic mass is 10.2. The van der Waals surface area contributed by atoms with Gasteiger partial charge in [-0.15, -0.1) is 28.1 Å². The molecule has 3 aromatic rings. The lowest BCUT2D eigenvalue weighted by molar-refractivity contribution is 0.641. The molecular formula is C15H17N5OS2. The van der Waals surface area contributed by atoms with Gasteiger partial charge in [0, 0.05) is 35.9 Å². The van der Waals surface area contributed by atoms with Gasteiger partial charge >= 0.3 is 0 Å². The first kappa shape index (κ1) is 15.9. The monoisotopic (exact) mass is 347 g/mol. The third kappa shape index (κ3) is 3.23. The highest BCUT2D eigenvalue weighted by molar-refractivity contribution is 7.98. The topological polar surface area (TPSA) is 65.1 Å². The largest absolute Gasteiger partial charge is 0.302 e. The van der Waals surface area contributed by atoms with Crippen LogP contribution in [0.1, 0.15) is 31.3 Å². The van der Waals surface area contributed by atoms with Crippen LogP contribution in [0.25, 0.3) is 4.96 Å². The van der Waals surface area contributed by atoms with Gasteiger partial charge in [-0.1, -0.05) is 31.7 Å². The van der Waals surface area contributed by atoms with E-state index in [0.717, 1.165) is 16.7 Å². The van der Waals surface area contributed by atoms with Gasteiger partial charge in [-0.25, -0.2) is 4.98 Å². The SMILES string of the molecule is C=CCn1c(SCc2cc(=O)n3ccsc3n2)nnc1C(C)C. The zero-order chi connectivity index (χ0) is 16.4. The minimum Gasteiger partial charge on any atom is -0.302 e. The highest BCUT2D eigenvalue weighted by atomic mass is 32.2. The molecule has 0 radical (unpaired) electrons. The van der Waals surface area contributed by atoms with Crippen molar-refractivity contribution in [3.8, 4) is 0 Å². The summed E-state index contributed by atoms with van der Waals surface area (Å²) < 4.78 is 3.61. The van der Waals surface area contributed by atoms with E-state index < -0.39 is 0 Å². The van der Waals surface area contributed by atoms with Crippen molar-refractivity contribution in [2.24, 2.45) is 0 Å². The zero-order valence-corrected chi connectivity index (χ0v) is 14.6. The van der Waals surface area contributed by atoms with E-state index in [9.17, 15) is 4.79 Å². The molecule has 3 rings (SSSR count). The van der Waals surface area contributed by atoms with Crippen molar-refractivity contribution in [2.75, 3.05) is 0 Å². The first-order valence-electron chi connectivity index (χ1n) is 7.22. The van der Waals surface area contributed by atoms with Gasteiger partial charge in [0.15, 0.2) is 10.1 Å². The van der Waals surface area contributed by atoms with E-state index in [1.807, 2.05) is 11.5 Å². The van der Waals surface area contributed by atoms with Gasteiger partial charge in [-0.2, -0.15) is 0 Å². The van der Waals surface area contributed by atoms with Crippen LogP contribution < -0.4 is 5.56 Å². The highest BCUT2D eigenvalue weighted by Crippen LogP contribution is 2.24. The molecule has 0 aliphatic carbocycles. The summed E-state index contributed by atoms with van der Waals surface area (Å²) in [7, 11) is 0. The Labute approximate surface area is 141 Å². The summed E-state index contributed by atoms with van der Waals surface area (Å²) >= 11 is 2.99. The van der Waals surface area contributed by atoms with Crippen molar-refractivity contribution in [1.82, 2.24) is 24.1 Å². The van der Waals surface area contributed by atoms with Crippen LogP contribution in [0, 0.1) is 0 Å². The van der Waals surface area contributed by atoms with Crippen LogP contribution in [0.15, 0.2) is 40.2 Å². The van der Waals surface area contributed by atoms with Crippen molar-refractivity contribution in [3.05, 3.63) is 52.2 Å². The van der Waals surface area contributed by atoms with Crippen LogP contribution in [-0.2, 0) is 12.3 Å². The fourth-order valence-electron chi connectivity index (χ4n) is 2.23. The maximum absolute atomic E-state index is 12.0. The molecular weight excluding hydrogens is 330 g/mol. The Bertz CT molecular complexity index is 893. The predicted molar refractivity (Wildman–Crippen MR) is 93.2 cm³/mol. The van der Waals surface area contributed by atoms with Gasteiger partial charge in [-0.05, 0) is 0 Å². The van der Waals surface area contributed by atoms with Crippen LogP contribution in [0.2, 0.25) is 0 Å². The number of hydrogen-bond acceptors (Lipinski definition) is 6. The molecule has 23 heavy (non-hydrogen) atoms. The second-order valence-electron chi connectivity index (χ2n) is 5.32. The molecule has 6 nitrogen and oxygen atoms in total. The maximum atomic E-state index is 12.0. The fraction of sp³-hybridized carbons (Fsp3) is 0.333. The van der Waals surface area contributed by atoms with E-state index in [1.165, 1.54) is 23.1 Å². The van der Waals surface area contributed by atoms with Crippen molar-refractivity contribution in [2.45, 2.75) is 37.2 Å². The summed E-state index contributed by atoms with van der Waals surface area (Å²) in [4.78, 5) is 17.2. The van der Waals surface area contributed by atoms with E-state index in [2.05, 4.69) is 40.2 Å². The molecule has 3 aromatic heterocycles. The Morgan fingerprint density at radius 1 is 1.43 bits per heavy atom. The van der Waals surface area contributed by atoms with Gasteiger partial charge < -0.3 is 4.57 Å². The lowest BCUT2D eigenvalue weighted by Gasteiger charge is -2.09. The van der Waals surface area contributed by atoms with Crippen molar-refractivity contribution in [1.29, 1.82) is 0 Å². The van der Waals surface area contributed by atoms with Gasteiger partial charge in [0.1, 0.15) is 5.82 Å². The molecule has 3 heterocycles. The Kier molecular flexibility index (Phi) is 4.63. The fourth-order valence-corrected chi connectivity index (χ4v) is 3.82. The number of rotatable bonds is 6. The van der Waals surface area contributed by atoms with E-state index >= 15 is 0 Å². The molecule has 0 unspecified atom stereocenters. The number of fused-ring (bicyclic) bond motifs is 1. The Balaban J connectivity index is 1.84. The summed E-state index contributed by atoms with van der Waals surface area (Å²) in [5, 5.41) is 11.2. The molecule has 0 atom stereocenters. The predicted octanol–water partition coefficient (Wildman–Crippen LogP) is 2.95. The lowest BCUT2D eigenvalue weighted by Crippen LogP contribution is -2.12. The van der Waals surface area contributed by atoms with Crippen LogP contribution >= 0.6 is 23.1 Å². The molecule has 0 aliphatic rings. The van der Waals surface area contributed by atoms with Gasteiger partial charge in [0.2, 0.25) is 0 Å². The molecule has 0 N–H and O–H groups in total. The Hall–Kier alpha value is -1.93. The van der Waals surface area contributed by atoms with Crippen molar-refractivity contribution >= 4 is 28.1 Å². The normalized spacial score (nSPS) is 11.4. The quantitative estimate of drug-likeness (QED) is 0.507. The summed E-state index contributed by atoms with van der Waals surface area (Å²) in [5.41, 5.74) is 0.698. The van der Waals surface area contributed by atoms with Crippen LogP contribution in [0.4, 0.5) is 0 Å². The van der Waals surface area contributed by atoms with Gasteiger partial charge in [0.25, 0.3) is 5.56 Å². The minimum absolute atomic E-state index is 0.0534. The van der Waals surface area contributed by atoms with E-state index in [-0.39, 0.29) is 5.56 Å². The smallest absolute Gasteiger partial charge is 0.258 e. The van der Waals surface area contributed by atoms with Crippen LogP contribution in [-0.4, -0.2) is 24.1 Å². The van der Waals surface area contributed by atoms with E-state index in [4.69, 9.17) is 0 Å². The number of thioether (sulfide) groups is 1. The third-order valence-corrected chi connectivity index (χ3v) is 5.04. The average Bonchev–Trinajstić information content (AvgIpc) is 3.12. The third-order valence-electron chi connectivity index (χ3n) is 3.28. The molecule has 8 heteroatoms. The number of allylic oxidation sites excluding steroid dienone is 1. The first-order valence-corrected chi connectivity index (χ1v) is 9.09. The zero-order valence-electron chi connectivity index (χ0n) is 13.0. The Morgan fingerprint density at radius 3 is 3.00 bits per heavy atom. The van der Waals surface area contributed by atoms with Gasteiger partial charge in [0.05, 0.1) is 5.69 Å². The number of hydrogen-bond donors (Lipinski definition) is 0. The molecule has 0 bridgehead atoms. The Morgan fingerprint density at radius 2 is 2.26 bits per heavy atom. The number of aromatic nitrogens is 5. The van der Waals surface area contributed by atoms with Crippen molar-refractivity contribution < 1.29 is 0 Å². The van der Waals surface area contributed by atoms with E-state index in [1.54, 1.807) is 16.7 Å². The highest BCUT2D eigenvalue weighted by Gasteiger charge is 2.15. The molecule has 0 saturated heterocycles. The van der Waals surface area contributed by atoms with Crippen LogP contribution in [0.5, 0.6) is 0 Å². The molecule has 0 saturated carbocycles. The second kappa shape index (κ2) is 6.67. The second-order valence-corrected chi connectivity index (χ2v) is 7.14. The summed E-state index contributed by atoms with van der Waals surface area (Å²) in [5.74, 6) is 1.81. The standard InChI is InChI=1S/C15H17N5OS2/c1-4-5-20-13(10(2)3)17-18-15(20)23-9-11-8-12(21)19-6-7-22-14(19)16-11/h4,6-8,10H,1,5,9H2,2-3H3. The summed E-state index contributed by atoms with van der Waals surface area (Å²) in [6, 6.07) is 1.57. The van der Waals surface area contributed by atoms with Gasteiger partial charge in [-0.3, -0.25) is 9.20 Å². The molecule has 0 aromatic carbocycles. The first-order chi connectivity index (χ1) is 11.1. The number of nitrogens with zero attached hydrogens (tertiary/aromatic N) is 5. The molecule has 0 amide bonds. The van der Waals surface area contributed by atoms with E-state index in [0.29, 0.717) is 23.2 Å². The average molecular weight is 347 g/mol. The number of thiazole rings is 1. The summed E-state index contributed by atoms with van der Waals surface area (Å²) in [6.45, 7) is 8.64. The molecule has 0 spiro atoms. The molecule has 0 fully saturated rings. The summed E-state index contributed by atoms with van der Waals surface area (Å²) in [6.07, 6.45) is 3.57.